The third-order valence-electron chi connectivity index (χ3n) is 2.36. The van der Waals surface area contributed by atoms with Crippen molar-refractivity contribution in [2.75, 3.05) is 18.0 Å². The zero-order chi connectivity index (χ0) is 10.8. The fourth-order valence-electron chi connectivity index (χ4n) is 1.56. The van der Waals surface area contributed by atoms with Crippen LogP contribution in [-0.4, -0.2) is 45.6 Å². The van der Waals surface area contributed by atoms with Crippen LogP contribution in [0.1, 0.15) is 16.9 Å². The summed E-state index contributed by atoms with van der Waals surface area (Å²) in [5, 5.41) is 25.3. The monoisotopic (exact) mass is 209 g/mol. The zero-order valence-corrected chi connectivity index (χ0v) is 8.00. The second kappa shape index (κ2) is 3.82. The van der Waals surface area contributed by atoms with Crippen molar-refractivity contribution in [3.63, 3.8) is 0 Å². The summed E-state index contributed by atoms with van der Waals surface area (Å²) in [6.07, 6.45) is 0.383. The first kappa shape index (κ1) is 9.85. The van der Waals surface area contributed by atoms with Gasteiger partial charge in [0.2, 0.25) is 0 Å². The topological polar surface area (TPSA) is 86.5 Å². The van der Waals surface area contributed by atoms with Gasteiger partial charge in [0.15, 0.2) is 11.5 Å². The number of aromatic nitrogens is 2. The van der Waals surface area contributed by atoms with Crippen molar-refractivity contribution in [3.05, 3.63) is 17.8 Å². The molecule has 1 saturated heterocycles. The largest absolute Gasteiger partial charge is 0.476 e. The SMILES string of the molecule is O=C(O)c1ccc(N2CC[C@H](O)C2)nn1. The number of aliphatic hydroxyl groups excluding tert-OH is 1. The molecule has 6 heteroatoms. The summed E-state index contributed by atoms with van der Waals surface area (Å²) < 4.78 is 0. The molecule has 0 unspecified atom stereocenters. The van der Waals surface area contributed by atoms with Crippen LogP contribution in [0.2, 0.25) is 0 Å². The van der Waals surface area contributed by atoms with Crippen molar-refractivity contribution >= 4 is 11.8 Å². The van der Waals surface area contributed by atoms with Gasteiger partial charge < -0.3 is 15.1 Å². The molecule has 0 saturated carbocycles. The maximum atomic E-state index is 10.5. The lowest BCUT2D eigenvalue weighted by Crippen LogP contribution is -2.22. The number of carboxylic acids is 1. The predicted molar refractivity (Wildman–Crippen MR) is 51.8 cm³/mol. The van der Waals surface area contributed by atoms with Gasteiger partial charge in [-0.3, -0.25) is 0 Å². The van der Waals surface area contributed by atoms with Gasteiger partial charge in [-0.05, 0) is 18.6 Å². The molecule has 2 N–H and O–H groups in total. The standard InChI is InChI=1S/C9H11N3O3/c13-6-3-4-12(5-6)8-2-1-7(9(14)15)10-11-8/h1-2,6,13H,3-5H2,(H,14,15)/t6-/m0/s1. The average Bonchev–Trinajstić information content (AvgIpc) is 2.65. The van der Waals surface area contributed by atoms with Crippen LogP contribution in [0, 0.1) is 0 Å². The van der Waals surface area contributed by atoms with Crippen LogP contribution in [0.3, 0.4) is 0 Å². The van der Waals surface area contributed by atoms with Crippen LogP contribution in [0.15, 0.2) is 12.1 Å². The van der Waals surface area contributed by atoms with E-state index in [1.807, 2.05) is 4.90 Å². The normalized spacial score (nSPS) is 20.6. The number of aromatic carboxylic acids is 1. The first-order chi connectivity index (χ1) is 7.16. The van der Waals surface area contributed by atoms with Crippen molar-refractivity contribution in [3.8, 4) is 0 Å². The Kier molecular flexibility index (Phi) is 2.51. The Morgan fingerprint density at radius 2 is 2.27 bits per heavy atom. The Bertz CT molecular complexity index is 365. The highest BCUT2D eigenvalue weighted by Crippen LogP contribution is 2.16. The molecule has 1 fully saturated rings. The van der Waals surface area contributed by atoms with E-state index in [9.17, 15) is 9.90 Å². The molecule has 80 valence electrons. The summed E-state index contributed by atoms with van der Waals surface area (Å²) >= 11 is 0. The molecule has 0 radical (unpaired) electrons. The average molecular weight is 209 g/mol. The first-order valence-electron chi connectivity index (χ1n) is 4.67. The van der Waals surface area contributed by atoms with Gasteiger partial charge in [-0.1, -0.05) is 0 Å². The number of aliphatic hydroxyl groups is 1. The molecule has 0 bridgehead atoms. The van der Waals surface area contributed by atoms with E-state index < -0.39 is 5.97 Å². The molecular weight excluding hydrogens is 198 g/mol. The molecule has 1 aliphatic heterocycles. The summed E-state index contributed by atoms with van der Waals surface area (Å²) in [5.74, 6) is -0.480. The Labute approximate surface area is 86.2 Å². The van der Waals surface area contributed by atoms with Crippen LogP contribution in [0.4, 0.5) is 5.82 Å². The number of nitrogens with zero attached hydrogens (tertiary/aromatic N) is 3. The number of anilines is 1. The molecule has 0 amide bonds. The van der Waals surface area contributed by atoms with Crippen LogP contribution >= 0.6 is 0 Å². The van der Waals surface area contributed by atoms with Crippen molar-refractivity contribution in [1.29, 1.82) is 0 Å². The molecule has 1 aromatic heterocycles. The zero-order valence-electron chi connectivity index (χ0n) is 8.00. The summed E-state index contributed by atoms with van der Waals surface area (Å²) in [5.41, 5.74) is -0.0708. The Morgan fingerprint density at radius 1 is 1.47 bits per heavy atom. The number of rotatable bonds is 2. The lowest BCUT2D eigenvalue weighted by Gasteiger charge is -2.15. The van der Waals surface area contributed by atoms with E-state index in [2.05, 4.69) is 10.2 Å². The third-order valence-corrected chi connectivity index (χ3v) is 2.36. The number of carboxylic acid groups (broad SMARTS) is 1. The number of hydrogen-bond donors (Lipinski definition) is 2. The molecule has 2 rings (SSSR count). The minimum Gasteiger partial charge on any atom is -0.476 e. The summed E-state index contributed by atoms with van der Waals surface area (Å²) in [6, 6.07) is 3.02. The van der Waals surface area contributed by atoms with E-state index in [0.29, 0.717) is 18.8 Å². The molecule has 0 aliphatic carbocycles. The van der Waals surface area contributed by atoms with Gasteiger partial charge >= 0.3 is 5.97 Å². The molecule has 1 aromatic rings. The van der Waals surface area contributed by atoms with E-state index in [1.54, 1.807) is 6.07 Å². The smallest absolute Gasteiger partial charge is 0.356 e. The number of β-amino-alcohol motifs (C(OH)–C–C–N with tert-alkyl or cyclic N) is 1. The maximum Gasteiger partial charge on any atom is 0.356 e. The van der Waals surface area contributed by atoms with Gasteiger partial charge in [-0.2, -0.15) is 0 Å². The lowest BCUT2D eigenvalue weighted by atomic mass is 10.3. The molecule has 15 heavy (non-hydrogen) atoms. The van der Waals surface area contributed by atoms with Crippen LogP contribution in [-0.2, 0) is 0 Å². The van der Waals surface area contributed by atoms with E-state index >= 15 is 0 Å². The Hall–Kier alpha value is -1.69. The molecule has 1 atom stereocenters. The Morgan fingerprint density at radius 3 is 2.73 bits per heavy atom. The molecule has 0 aromatic carbocycles. The quantitative estimate of drug-likeness (QED) is 0.698. The third kappa shape index (κ3) is 2.04. The maximum absolute atomic E-state index is 10.5. The van der Waals surface area contributed by atoms with Gasteiger partial charge in [-0.15, -0.1) is 10.2 Å². The van der Waals surface area contributed by atoms with Gasteiger partial charge in [-0.25, -0.2) is 4.79 Å². The van der Waals surface area contributed by atoms with Crippen LogP contribution in [0.25, 0.3) is 0 Å². The molecule has 1 aliphatic rings. The van der Waals surface area contributed by atoms with Crippen molar-refractivity contribution in [2.24, 2.45) is 0 Å². The highest BCUT2D eigenvalue weighted by atomic mass is 16.4. The summed E-state index contributed by atoms with van der Waals surface area (Å²) in [7, 11) is 0. The number of carbonyl (C=O) groups is 1. The molecular formula is C9H11N3O3. The van der Waals surface area contributed by atoms with E-state index in [0.717, 1.165) is 6.54 Å². The van der Waals surface area contributed by atoms with E-state index in [-0.39, 0.29) is 11.8 Å². The fourth-order valence-corrected chi connectivity index (χ4v) is 1.56. The minimum absolute atomic E-state index is 0.0708. The van der Waals surface area contributed by atoms with Crippen LogP contribution < -0.4 is 4.90 Å². The van der Waals surface area contributed by atoms with Crippen molar-refractivity contribution in [2.45, 2.75) is 12.5 Å². The van der Waals surface area contributed by atoms with Gasteiger partial charge in [0.1, 0.15) is 0 Å². The highest BCUT2D eigenvalue weighted by molar-refractivity contribution is 5.85. The fraction of sp³-hybridized carbons (Fsp3) is 0.444. The van der Waals surface area contributed by atoms with Gasteiger partial charge in [0.05, 0.1) is 6.10 Å². The van der Waals surface area contributed by atoms with Crippen LogP contribution in [0.5, 0.6) is 0 Å². The number of hydrogen-bond acceptors (Lipinski definition) is 5. The predicted octanol–water partition coefficient (Wildman–Crippen LogP) is -0.254. The molecule has 6 nitrogen and oxygen atoms in total. The van der Waals surface area contributed by atoms with E-state index in [4.69, 9.17) is 5.11 Å². The molecule has 2 heterocycles. The second-order valence-electron chi connectivity index (χ2n) is 3.47. The van der Waals surface area contributed by atoms with Gasteiger partial charge in [0.25, 0.3) is 0 Å². The van der Waals surface area contributed by atoms with Crippen molar-refractivity contribution in [1.82, 2.24) is 10.2 Å². The highest BCUT2D eigenvalue weighted by Gasteiger charge is 2.21. The first-order valence-corrected chi connectivity index (χ1v) is 4.67. The Balaban J connectivity index is 2.13. The second-order valence-corrected chi connectivity index (χ2v) is 3.47. The van der Waals surface area contributed by atoms with Crippen molar-refractivity contribution < 1.29 is 15.0 Å². The molecule has 0 spiro atoms. The van der Waals surface area contributed by atoms with Gasteiger partial charge in [0, 0.05) is 13.1 Å². The van der Waals surface area contributed by atoms with E-state index in [1.165, 1.54) is 6.07 Å². The summed E-state index contributed by atoms with van der Waals surface area (Å²) in [6.45, 7) is 1.25. The minimum atomic E-state index is -1.09. The summed E-state index contributed by atoms with van der Waals surface area (Å²) in [4.78, 5) is 12.4. The lowest BCUT2D eigenvalue weighted by molar-refractivity contribution is 0.0689.